The number of allylic oxidation sites excluding steroid dienone is 6. The summed E-state index contributed by atoms with van der Waals surface area (Å²) in [4.78, 5) is 57.5. The van der Waals surface area contributed by atoms with Gasteiger partial charge >= 0.3 is 5.97 Å². The molecule has 0 saturated carbocycles. The molecule has 0 fully saturated rings. The molecule has 0 aliphatic rings. The molecule has 8 aromatic carbocycles. The zero-order chi connectivity index (χ0) is 78.8. The number of aliphatic hydroxyl groups is 3. The van der Waals surface area contributed by atoms with Crippen molar-refractivity contribution in [3.8, 4) is 44.5 Å². The van der Waals surface area contributed by atoms with Crippen LogP contribution in [-0.2, 0) is 115 Å². The number of carboxylic acids is 1. The van der Waals surface area contributed by atoms with Crippen LogP contribution in [0.1, 0.15) is 52.0 Å². The quantitative estimate of drug-likeness (QED) is 0.0455. The molecule has 597 valence electrons. The van der Waals surface area contributed by atoms with E-state index in [0.717, 1.165) is 78.9 Å². The van der Waals surface area contributed by atoms with Crippen LogP contribution in [0.15, 0.2) is 291 Å². The van der Waals surface area contributed by atoms with Gasteiger partial charge in [0, 0.05) is 189 Å². The second-order valence-corrected chi connectivity index (χ2v) is 23.7. The summed E-state index contributed by atoms with van der Waals surface area (Å²) in [5.41, 5.74) is 6.58. The Morgan fingerprint density at radius 1 is 0.404 bits per heavy atom. The predicted octanol–water partition coefficient (Wildman–Crippen LogP) is 20.4. The molecule has 0 aliphatic carbocycles. The molecule has 15 rings (SSSR count). The van der Waals surface area contributed by atoms with Crippen molar-refractivity contribution >= 4 is 77.5 Å². The topological polar surface area (TPSA) is 236 Å². The first-order valence-corrected chi connectivity index (χ1v) is 33.5. The van der Waals surface area contributed by atoms with Crippen molar-refractivity contribution in [2.75, 3.05) is 0 Å². The Morgan fingerprint density at radius 2 is 0.807 bits per heavy atom. The van der Waals surface area contributed by atoms with E-state index < -0.39 is 29.2 Å². The van der Waals surface area contributed by atoms with Gasteiger partial charge in [0.2, 0.25) is 0 Å². The molecule has 4 N–H and O–H groups in total. The number of rotatable bonds is 9. The maximum Gasteiger partial charge on any atom is 0.354 e. The molecule has 0 aliphatic heterocycles. The molecule has 0 spiro atoms. The molecule has 7 heterocycles. The molecule has 0 bridgehead atoms. The molecule has 0 amide bonds. The van der Waals surface area contributed by atoms with Crippen LogP contribution in [0, 0.1) is 65.2 Å². The van der Waals surface area contributed by atoms with E-state index in [1.807, 2.05) is 109 Å². The summed E-state index contributed by atoms with van der Waals surface area (Å²) in [7, 11) is 0. The van der Waals surface area contributed by atoms with E-state index in [4.69, 9.17) is 20.4 Å². The normalized spacial score (nSPS) is 10.2. The minimum atomic E-state index is -0.990. The van der Waals surface area contributed by atoms with Crippen LogP contribution >= 0.6 is 11.3 Å². The second-order valence-electron chi connectivity index (χ2n) is 22.7. The molecule has 7 aromatic heterocycles. The number of ketones is 3. The fourth-order valence-electron chi connectivity index (χ4n) is 9.29. The van der Waals surface area contributed by atoms with Crippen LogP contribution in [0.5, 0.6) is 0 Å². The van der Waals surface area contributed by atoms with Crippen molar-refractivity contribution in [3.05, 3.63) is 362 Å². The van der Waals surface area contributed by atoms with Gasteiger partial charge in [-0.05, 0) is 122 Å². The maximum absolute atomic E-state index is 13.6. The van der Waals surface area contributed by atoms with E-state index in [1.165, 1.54) is 106 Å². The molecule has 0 unspecified atom stereocenters. The van der Waals surface area contributed by atoms with Gasteiger partial charge in [-0.25, -0.2) is 21.1 Å². The molecule has 28 heteroatoms. The number of hydrogen-bond acceptors (Lipinski definition) is 14. The van der Waals surface area contributed by atoms with Gasteiger partial charge in [-0.3, -0.25) is 55.1 Å². The summed E-state index contributed by atoms with van der Waals surface area (Å²) in [6, 6.07) is 77.7. The molecular formula is C86H67F6Ir5N8O8S-5. The Kier molecular flexibility index (Phi) is 45.4. The number of benzene rings is 8. The number of carbonyl (C=O) groups excluding carboxylic acids is 3. The number of nitrogens with zero attached hydrogens (tertiary/aromatic N) is 8. The van der Waals surface area contributed by atoms with Crippen LogP contribution in [0.25, 0.3) is 87.3 Å². The van der Waals surface area contributed by atoms with E-state index in [0.29, 0.717) is 11.4 Å². The van der Waals surface area contributed by atoms with Gasteiger partial charge in [0.25, 0.3) is 0 Å². The molecule has 16 nitrogen and oxygen atoms in total. The van der Waals surface area contributed by atoms with E-state index in [1.54, 1.807) is 87.8 Å². The summed E-state index contributed by atoms with van der Waals surface area (Å²) < 4.78 is 82.6. The third kappa shape index (κ3) is 33.6. The number of aliphatic hydroxyl groups excluding tert-OH is 3. The van der Waals surface area contributed by atoms with Gasteiger partial charge in [-0.15, -0.1) is 84.2 Å². The van der Waals surface area contributed by atoms with E-state index >= 15 is 0 Å². The van der Waals surface area contributed by atoms with Gasteiger partial charge in [0.05, 0.1) is 46.2 Å². The molecular weight excluding hydrogens is 2380 g/mol. The number of hydrogen-bond donors (Lipinski definition) is 4. The van der Waals surface area contributed by atoms with E-state index in [9.17, 15) is 45.5 Å². The summed E-state index contributed by atoms with van der Waals surface area (Å²) in [5, 5.41) is 46.2. The summed E-state index contributed by atoms with van der Waals surface area (Å²) in [6.07, 6.45) is 11.9. The Balaban J connectivity index is 0.000000441. The van der Waals surface area contributed by atoms with Crippen LogP contribution < -0.4 is 0 Å². The predicted molar refractivity (Wildman–Crippen MR) is 410 cm³/mol. The Morgan fingerprint density at radius 3 is 1.19 bits per heavy atom. The fourth-order valence-corrected chi connectivity index (χ4v) is 10.3. The molecule has 0 saturated heterocycles. The van der Waals surface area contributed by atoms with E-state index in [2.05, 4.69) is 78.7 Å². The van der Waals surface area contributed by atoms with Crippen molar-refractivity contribution < 1.29 is 166 Å². The fraction of sp³-hybridized carbons (Fsp3) is 0.0698. The number of aromatic carboxylic acids is 1. The molecule has 15 aromatic rings. The molecule has 5 radical (unpaired) electrons. The SMILES string of the molecule is CC(=O)C=C(C)O.CC(=O)C=C(C)O.CC(=O)C=C(C)O.Fc1c[c-]c(-c2ccc3ccccc3n2)c(F)c1.Fc1c[c-]c(-c2ccccn2)c(F)c1.Fc1c[c-]c(-n2ncc3ccccc32)cc1.Fc1c[c-]c(-n2ncc3ccccc32)cc1.O=C(O)c1ccccn1.[Ir].[Ir].[Ir].[Ir].[Ir].[c-]1c(-c2ccccn2)sc2ccccc12. The number of carbonyl (C=O) groups is 4. The number of thiophene rings is 1. The second kappa shape index (κ2) is 52.0. The van der Waals surface area contributed by atoms with Gasteiger partial charge in [0.15, 0.2) is 17.3 Å². The number of carboxylic acid groups (broad SMARTS) is 1. The third-order valence-electron chi connectivity index (χ3n) is 13.8. The standard InChI is InChI=1S/C15H8F2N.2C13H8FN2.C13H8NS.C11H6F2N.C6H5NO2.3C5H8O2.5Ir/c16-11-6-7-12(13(17)9-11)15-8-5-10-3-1-2-4-14(10)18-15;2*14-11-5-7-12(8-6-11)16-13-4-2-1-3-10(13)9-15-16;1-2-7-12-10(5-1)9-13(15-12)11-6-3-4-8-14-11;12-8-4-5-9(10(13)7-8)11-3-1-2-6-14-11;8-6(9)5-3-1-2-4-7-5;3*1-4(6)3-5(2)7;;;;;/h1-6,8-9H;2*1-7,9H;1-8H;1-4,6-7H;1-4H,(H,8,9);3*3,6H,1-2H3;;;;;/q5*-1;;;;;;;;;. The number of halogens is 6. The minimum Gasteiger partial charge on any atom is -0.512 e. The van der Waals surface area contributed by atoms with Crippen molar-refractivity contribution in [3.63, 3.8) is 0 Å². The Bertz CT molecular complexity index is 5370. The monoisotopic (exact) mass is 2450 g/mol. The van der Waals surface area contributed by atoms with E-state index in [-0.39, 0.29) is 164 Å². The molecule has 0 atom stereocenters. The van der Waals surface area contributed by atoms with Crippen molar-refractivity contribution in [1.29, 1.82) is 0 Å². The van der Waals surface area contributed by atoms with Crippen LogP contribution in [-0.4, -0.2) is 83.2 Å². The smallest absolute Gasteiger partial charge is 0.354 e. The molecule has 114 heavy (non-hydrogen) atoms. The van der Waals surface area contributed by atoms with Gasteiger partial charge in [0.1, 0.15) is 5.69 Å². The van der Waals surface area contributed by atoms with Gasteiger partial charge in [-0.1, -0.05) is 132 Å². The van der Waals surface area contributed by atoms with Gasteiger partial charge in [-0.2, -0.15) is 22.3 Å². The maximum atomic E-state index is 13.6. The Hall–Kier alpha value is -10.6. The average Bonchev–Trinajstić information content (AvgIpc) is 1.75. The van der Waals surface area contributed by atoms with Crippen LogP contribution in [0.3, 0.4) is 0 Å². The number of pyridine rings is 4. The van der Waals surface area contributed by atoms with Crippen LogP contribution in [0.4, 0.5) is 26.3 Å². The van der Waals surface area contributed by atoms with Crippen LogP contribution in [0.2, 0.25) is 0 Å². The first-order chi connectivity index (χ1) is 52.3. The first-order valence-electron chi connectivity index (χ1n) is 32.6. The average molecular weight is 2450 g/mol. The summed E-state index contributed by atoms with van der Waals surface area (Å²) >= 11 is 1.73. The number of para-hydroxylation sites is 3. The Labute approximate surface area is 724 Å². The number of aromatic nitrogens is 8. The number of fused-ring (bicyclic) bond motifs is 4. The third-order valence-corrected chi connectivity index (χ3v) is 14.9. The zero-order valence-electron chi connectivity index (χ0n) is 60.8. The summed E-state index contributed by atoms with van der Waals surface area (Å²) in [5.74, 6) is -4.34. The van der Waals surface area contributed by atoms with Crippen molar-refractivity contribution in [2.45, 2.75) is 41.5 Å². The first kappa shape index (κ1) is 99.5. The van der Waals surface area contributed by atoms with Crippen molar-refractivity contribution in [2.24, 2.45) is 0 Å². The van der Waals surface area contributed by atoms with Crippen molar-refractivity contribution in [1.82, 2.24) is 39.5 Å². The zero-order valence-corrected chi connectivity index (χ0v) is 73.6. The van der Waals surface area contributed by atoms with Gasteiger partial charge < -0.3 is 30.4 Å². The largest absolute Gasteiger partial charge is 0.512 e. The summed E-state index contributed by atoms with van der Waals surface area (Å²) in [6.45, 7) is 8.54. The minimum absolute atomic E-state index is 0.